The minimum atomic E-state index is -1.14. The van der Waals surface area contributed by atoms with Crippen LogP contribution in [-0.2, 0) is 0 Å². The first-order valence-electron chi connectivity index (χ1n) is 8.68. The van der Waals surface area contributed by atoms with Crippen molar-refractivity contribution in [3.63, 3.8) is 0 Å². The fourth-order valence-electron chi connectivity index (χ4n) is 2.77. The van der Waals surface area contributed by atoms with E-state index in [1.54, 1.807) is 25.1 Å². The Morgan fingerprint density at radius 2 is 1.77 bits per heavy atom. The van der Waals surface area contributed by atoms with E-state index < -0.39 is 35.3 Å². The zero-order chi connectivity index (χ0) is 21.8. The summed E-state index contributed by atoms with van der Waals surface area (Å²) >= 11 is 5.92. The van der Waals surface area contributed by atoms with Crippen LogP contribution in [0, 0.1) is 11.6 Å². The molecule has 0 saturated heterocycles. The minimum absolute atomic E-state index is 0.0272. The smallest absolute Gasteiger partial charge is 0.336 e. The fraction of sp³-hybridized carbons (Fsp3) is 0.0952. The molecule has 30 heavy (non-hydrogen) atoms. The molecule has 0 aliphatic carbocycles. The van der Waals surface area contributed by atoms with Gasteiger partial charge < -0.3 is 15.2 Å². The highest BCUT2D eigenvalue weighted by atomic mass is 35.5. The number of carbonyl (C=O) groups excluding carboxylic acids is 1. The van der Waals surface area contributed by atoms with Gasteiger partial charge in [0.05, 0.1) is 16.6 Å². The molecule has 1 aromatic heterocycles. The van der Waals surface area contributed by atoms with Crippen LogP contribution in [0.2, 0.25) is 5.02 Å². The van der Waals surface area contributed by atoms with Gasteiger partial charge in [-0.3, -0.25) is 4.79 Å². The topological polar surface area (TPSA) is 88.5 Å². The lowest BCUT2D eigenvalue weighted by Crippen LogP contribution is -2.28. The number of para-hydroxylation sites is 1. The summed E-state index contributed by atoms with van der Waals surface area (Å²) in [6.07, 6.45) is 1.16. The van der Waals surface area contributed by atoms with E-state index in [-0.39, 0.29) is 22.0 Å². The largest absolute Gasteiger partial charge is 0.478 e. The maximum atomic E-state index is 13.9. The van der Waals surface area contributed by atoms with Crippen molar-refractivity contribution in [2.45, 2.75) is 13.0 Å². The number of amides is 1. The van der Waals surface area contributed by atoms with E-state index in [0.29, 0.717) is 5.56 Å². The van der Waals surface area contributed by atoms with Gasteiger partial charge in [0.25, 0.3) is 5.91 Å². The van der Waals surface area contributed by atoms with Crippen LogP contribution in [0.15, 0.2) is 54.7 Å². The Labute approximate surface area is 175 Å². The molecule has 2 aromatic carbocycles. The third kappa shape index (κ3) is 4.55. The molecule has 1 amide bonds. The predicted octanol–water partition coefficient (Wildman–Crippen LogP) is 4.99. The van der Waals surface area contributed by atoms with E-state index in [0.717, 1.165) is 18.3 Å². The third-order valence-corrected chi connectivity index (χ3v) is 4.39. The Bertz CT molecular complexity index is 1100. The monoisotopic (exact) mass is 432 g/mol. The van der Waals surface area contributed by atoms with Gasteiger partial charge in [-0.2, -0.15) is 0 Å². The lowest BCUT2D eigenvalue weighted by Gasteiger charge is -2.18. The van der Waals surface area contributed by atoms with Crippen LogP contribution in [0.5, 0.6) is 11.6 Å². The van der Waals surface area contributed by atoms with Gasteiger partial charge in [-0.25, -0.2) is 18.6 Å². The second-order valence-electron chi connectivity index (χ2n) is 6.25. The summed E-state index contributed by atoms with van der Waals surface area (Å²) < 4.78 is 33.1. The number of halogens is 3. The molecular formula is C21H15ClF2N2O4. The standard InChI is InChI=1S/C21H15ClF2N2O4/c1-11(13-5-2-3-6-14(13)21(28)29)26-19(27)15-9-12(22)10-25-20(15)30-18-16(23)7-4-8-17(18)24/h2-11H,1H3,(H,26,27)(H,28,29)/t11-/m0/s1. The highest BCUT2D eigenvalue weighted by molar-refractivity contribution is 6.30. The second-order valence-corrected chi connectivity index (χ2v) is 6.68. The molecule has 1 atom stereocenters. The summed E-state index contributed by atoms with van der Waals surface area (Å²) in [5, 5.41) is 12.1. The van der Waals surface area contributed by atoms with E-state index in [9.17, 15) is 23.5 Å². The quantitative estimate of drug-likeness (QED) is 0.572. The van der Waals surface area contributed by atoms with Gasteiger partial charge in [-0.1, -0.05) is 35.9 Å². The molecule has 0 aliphatic heterocycles. The van der Waals surface area contributed by atoms with Crippen LogP contribution < -0.4 is 10.1 Å². The Kier molecular flexibility index (Phi) is 6.27. The normalized spacial score (nSPS) is 11.6. The first kappa shape index (κ1) is 21.2. The van der Waals surface area contributed by atoms with Crippen LogP contribution >= 0.6 is 11.6 Å². The maximum absolute atomic E-state index is 13.9. The van der Waals surface area contributed by atoms with E-state index in [4.69, 9.17) is 16.3 Å². The number of carboxylic acid groups (broad SMARTS) is 1. The zero-order valence-corrected chi connectivity index (χ0v) is 16.3. The van der Waals surface area contributed by atoms with Crippen molar-refractivity contribution >= 4 is 23.5 Å². The number of benzene rings is 2. The molecule has 0 saturated carbocycles. The van der Waals surface area contributed by atoms with Gasteiger partial charge in [0, 0.05) is 6.20 Å². The molecule has 2 N–H and O–H groups in total. The molecule has 0 spiro atoms. The van der Waals surface area contributed by atoms with Crippen LogP contribution in [-0.4, -0.2) is 22.0 Å². The highest BCUT2D eigenvalue weighted by Gasteiger charge is 2.22. The summed E-state index contributed by atoms with van der Waals surface area (Å²) in [6, 6.07) is 9.88. The van der Waals surface area contributed by atoms with E-state index >= 15 is 0 Å². The van der Waals surface area contributed by atoms with Gasteiger partial charge in [-0.15, -0.1) is 0 Å². The SMILES string of the molecule is C[C@H](NC(=O)c1cc(Cl)cnc1Oc1c(F)cccc1F)c1ccccc1C(=O)O. The molecule has 0 unspecified atom stereocenters. The molecule has 0 radical (unpaired) electrons. The van der Waals surface area contributed by atoms with Gasteiger partial charge >= 0.3 is 5.97 Å². The lowest BCUT2D eigenvalue weighted by molar-refractivity contribution is 0.0693. The molecule has 0 aliphatic rings. The number of carbonyl (C=O) groups is 2. The Morgan fingerprint density at radius 1 is 1.10 bits per heavy atom. The predicted molar refractivity (Wildman–Crippen MR) is 105 cm³/mol. The van der Waals surface area contributed by atoms with Crippen LogP contribution in [0.1, 0.15) is 39.2 Å². The highest BCUT2D eigenvalue weighted by Crippen LogP contribution is 2.30. The Balaban J connectivity index is 1.91. The van der Waals surface area contributed by atoms with Crippen LogP contribution in [0.3, 0.4) is 0 Å². The molecule has 0 bridgehead atoms. The van der Waals surface area contributed by atoms with E-state index in [2.05, 4.69) is 10.3 Å². The summed E-state index contributed by atoms with van der Waals surface area (Å²) in [7, 11) is 0. The number of nitrogens with zero attached hydrogens (tertiary/aromatic N) is 1. The second kappa shape index (κ2) is 8.87. The van der Waals surface area contributed by atoms with Gasteiger partial charge in [-0.05, 0) is 36.8 Å². The van der Waals surface area contributed by atoms with Crippen molar-refractivity contribution in [2.24, 2.45) is 0 Å². The molecule has 9 heteroatoms. The van der Waals surface area contributed by atoms with Crippen LogP contribution in [0.4, 0.5) is 8.78 Å². The number of pyridine rings is 1. The Morgan fingerprint density at radius 3 is 2.43 bits per heavy atom. The van der Waals surface area contributed by atoms with Gasteiger partial charge in [0.15, 0.2) is 11.6 Å². The number of rotatable bonds is 6. The number of aromatic nitrogens is 1. The first-order chi connectivity index (χ1) is 14.3. The first-order valence-corrected chi connectivity index (χ1v) is 9.06. The lowest BCUT2D eigenvalue weighted by atomic mass is 10.0. The van der Waals surface area contributed by atoms with Crippen molar-refractivity contribution in [1.29, 1.82) is 0 Å². The van der Waals surface area contributed by atoms with E-state index in [1.807, 2.05) is 0 Å². The average molecular weight is 433 g/mol. The summed E-state index contributed by atoms with van der Waals surface area (Å²) in [5.74, 6) is -4.88. The number of aromatic carboxylic acids is 1. The molecule has 3 aromatic rings. The van der Waals surface area contributed by atoms with Gasteiger partial charge in [0.2, 0.25) is 11.6 Å². The van der Waals surface area contributed by atoms with Crippen molar-refractivity contribution < 1.29 is 28.2 Å². The van der Waals surface area contributed by atoms with Crippen molar-refractivity contribution in [1.82, 2.24) is 10.3 Å². The summed E-state index contributed by atoms with van der Waals surface area (Å²) in [5.41, 5.74) is 0.222. The molecular weight excluding hydrogens is 418 g/mol. The summed E-state index contributed by atoms with van der Waals surface area (Å²) in [6.45, 7) is 1.59. The molecule has 6 nitrogen and oxygen atoms in total. The maximum Gasteiger partial charge on any atom is 0.336 e. The van der Waals surface area contributed by atoms with Crippen molar-refractivity contribution in [3.05, 3.63) is 88.1 Å². The molecule has 0 fully saturated rings. The number of hydrogen-bond acceptors (Lipinski definition) is 4. The summed E-state index contributed by atoms with van der Waals surface area (Å²) in [4.78, 5) is 28.1. The Hall–Kier alpha value is -3.52. The fourth-order valence-corrected chi connectivity index (χ4v) is 2.93. The molecule has 1 heterocycles. The van der Waals surface area contributed by atoms with E-state index in [1.165, 1.54) is 18.2 Å². The van der Waals surface area contributed by atoms with Crippen molar-refractivity contribution in [2.75, 3.05) is 0 Å². The number of nitrogens with one attached hydrogen (secondary N) is 1. The molecule has 3 rings (SSSR count). The zero-order valence-electron chi connectivity index (χ0n) is 15.5. The number of ether oxygens (including phenoxy) is 1. The number of carboxylic acids is 1. The van der Waals surface area contributed by atoms with Crippen molar-refractivity contribution in [3.8, 4) is 11.6 Å². The molecule has 154 valence electrons. The third-order valence-electron chi connectivity index (χ3n) is 4.19. The van der Waals surface area contributed by atoms with Gasteiger partial charge in [0.1, 0.15) is 5.56 Å². The minimum Gasteiger partial charge on any atom is -0.478 e. The van der Waals surface area contributed by atoms with Crippen LogP contribution in [0.25, 0.3) is 0 Å². The average Bonchev–Trinajstić information content (AvgIpc) is 2.71. The number of hydrogen-bond donors (Lipinski definition) is 2.